The van der Waals surface area contributed by atoms with Crippen LogP contribution in [0, 0.1) is 5.82 Å². The highest BCUT2D eigenvalue weighted by Gasteiger charge is 2.12. The fourth-order valence-electron chi connectivity index (χ4n) is 1.77. The average molecular weight is 275 g/mol. The Bertz CT molecular complexity index is 628. The normalized spacial score (nSPS) is 9.95. The first-order chi connectivity index (χ1) is 9.65. The number of benzene rings is 2. The molecule has 1 amide bonds. The van der Waals surface area contributed by atoms with Gasteiger partial charge in [0, 0.05) is 11.8 Å². The van der Waals surface area contributed by atoms with Crippen molar-refractivity contribution in [2.45, 2.75) is 0 Å². The van der Waals surface area contributed by atoms with E-state index in [-0.39, 0.29) is 11.7 Å². The fourth-order valence-corrected chi connectivity index (χ4v) is 1.77. The second-order valence-corrected chi connectivity index (χ2v) is 4.00. The van der Waals surface area contributed by atoms with Gasteiger partial charge in [-0.1, -0.05) is 12.1 Å². The third-order valence-corrected chi connectivity index (χ3v) is 2.76. The molecule has 0 bridgehead atoms. The fraction of sp³-hybridized carbons (Fsp3) is 0.133. The molecule has 20 heavy (non-hydrogen) atoms. The van der Waals surface area contributed by atoms with Gasteiger partial charge in [0.2, 0.25) is 0 Å². The van der Waals surface area contributed by atoms with E-state index in [4.69, 9.17) is 9.47 Å². The standard InChI is InChI=1S/C15H14FNO3/c1-19-13-6-4-3-5-11(13)15(18)17-10-7-8-14(20-2)12(16)9-10/h3-9H,1-2H3,(H,17,18). The zero-order valence-electron chi connectivity index (χ0n) is 11.1. The van der Waals surface area contributed by atoms with Crippen LogP contribution in [0.3, 0.4) is 0 Å². The Balaban J connectivity index is 2.21. The molecule has 0 atom stereocenters. The van der Waals surface area contributed by atoms with Gasteiger partial charge in [0.25, 0.3) is 5.91 Å². The molecular weight excluding hydrogens is 261 g/mol. The van der Waals surface area contributed by atoms with Crippen molar-refractivity contribution in [2.75, 3.05) is 19.5 Å². The monoisotopic (exact) mass is 275 g/mol. The van der Waals surface area contributed by atoms with Crippen LogP contribution in [0.25, 0.3) is 0 Å². The van der Waals surface area contributed by atoms with Crippen LogP contribution >= 0.6 is 0 Å². The predicted octanol–water partition coefficient (Wildman–Crippen LogP) is 3.10. The minimum Gasteiger partial charge on any atom is -0.496 e. The number of nitrogens with one attached hydrogen (secondary N) is 1. The zero-order chi connectivity index (χ0) is 14.5. The number of hydrogen-bond donors (Lipinski definition) is 1. The van der Waals surface area contributed by atoms with E-state index in [9.17, 15) is 9.18 Å². The first-order valence-corrected chi connectivity index (χ1v) is 5.93. The van der Waals surface area contributed by atoms with E-state index in [2.05, 4.69) is 5.32 Å². The lowest BCUT2D eigenvalue weighted by atomic mass is 10.2. The Morgan fingerprint density at radius 2 is 1.75 bits per heavy atom. The van der Waals surface area contributed by atoms with Crippen molar-refractivity contribution >= 4 is 11.6 Å². The summed E-state index contributed by atoms with van der Waals surface area (Å²) in [6, 6.07) is 11.0. The summed E-state index contributed by atoms with van der Waals surface area (Å²) in [5, 5.41) is 2.61. The van der Waals surface area contributed by atoms with Crippen molar-refractivity contribution in [3.63, 3.8) is 0 Å². The van der Waals surface area contributed by atoms with E-state index >= 15 is 0 Å². The van der Waals surface area contributed by atoms with Gasteiger partial charge in [-0.25, -0.2) is 4.39 Å². The van der Waals surface area contributed by atoms with Crippen LogP contribution in [0.4, 0.5) is 10.1 Å². The number of para-hydroxylation sites is 1. The number of carbonyl (C=O) groups is 1. The molecule has 0 aliphatic heterocycles. The van der Waals surface area contributed by atoms with Crippen LogP contribution in [-0.4, -0.2) is 20.1 Å². The Hall–Kier alpha value is -2.56. The van der Waals surface area contributed by atoms with Crippen molar-refractivity contribution in [3.05, 3.63) is 53.8 Å². The van der Waals surface area contributed by atoms with Crippen molar-refractivity contribution < 1.29 is 18.7 Å². The van der Waals surface area contributed by atoms with Gasteiger partial charge in [-0.2, -0.15) is 0 Å². The van der Waals surface area contributed by atoms with E-state index < -0.39 is 5.82 Å². The molecule has 0 radical (unpaired) electrons. The number of hydrogen-bond acceptors (Lipinski definition) is 3. The summed E-state index contributed by atoms with van der Waals surface area (Å²) in [4.78, 5) is 12.1. The van der Waals surface area contributed by atoms with Gasteiger partial charge in [0.15, 0.2) is 11.6 Å². The number of halogens is 1. The molecule has 2 aromatic carbocycles. The number of ether oxygens (including phenoxy) is 2. The molecule has 4 nitrogen and oxygen atoms in total. The predicted molar refractivity (Wildman–Crippen MR) is 73.9 cm³/mol. The first-order valence-electron chi connectivity index (χ1n) is 5.93. The maximum atomic E-state index is 13.5. The summed E-state index contributed by atoms with van der Waals surface area (Å²) in [5.41, 5.74) is 0.727. The highest BCUT2D eigenvalue weighted by Crippen LogP contribution is 2.23. The van der Waals surface area contributed by atoms with Gasteiger partial charge in [-0.15, -0.1) is 0 Å². The van der Waals surface area contributed by atoms with Gasteiger partial charge in [0.1, 0.15) is 5.75 Å². The third-order valence-electron chi connectivity index (χ3n) is 2.76. The van der Waals surface area contributed by atoms with Crippen molar-refractivity contribution in [3.8, 4) is 11.5 Å². The molecule has 2 aromatic rings. The molecule has 0 aliphatic carbocycles. The minimum atomic E-state index is -0.537. The molecule has 0 fully saturated rings. The zero-order valence-corrected chi connectivity index (χ0v) is 11.1. The largest absolute Gasteiger partial charge is 0.496 e. The van der Waals surface area contributed by atoms with Crippen LogP contribution in [-0.2, 0) is 0 Å². The SMILES string of the molecule is COc1ccc(NC(=O)c2ccccc2OC)cc1F. The van der Waals surface area contributed by atoms with Crippen molar-refractivity contribution in [2.24, 2.45) is 0 Å². The van der Waals surface area contributed by atoms with Crippen LogP contribution in [0.2, 0.25) is 0 Å². The number of anilines is 1. The molecule has 5 heteroatoms. The van der Waals surface area contributed by atoms with E-state index in [1.807, 2.05) is 0 Å². The molecule has 2 rings (SSSR count). The van der Waals surface area contributed by atoms with Gasteiger partial charge < -0.3 is 14.8 Å². The lowest BCUT2D eigenvalue weighted by molar-refractivity contribution is 0.102. The average Bonchev–Trinajstić information content (AvgIpc) is 2.47. The topological polar surface area (TPSA) is 47.6 Å². The lowest BCUT2D eigenvalue weighted by Gasteiger charge is -2.10. The summed E-state index contributed by atoms with van der Waals surface area (Å²) in [5.74, 6) is -0.323. The van der Waals surface area contributed by atoms with Crippen molar-refractivity contribution in [1.82, 2.24) is 0 Å². The number of carbonyl (C=O) groups excluding carboxylic acids is 1. The number of rotatable bonds is 4. The molecular formula is C15H14FNO3. The van der Waals surface area contributed by atoms with Crippen LogP contribution in [0.15, 0.2) is 42.5 Å². The Kier molecular flexibility index (Phi) is 4.20. The third kappa shape index (κ3) is 2.88. The summed E-state index contributed by atoms with van der Waals surface area (Å²) < 4.78 is 23.5. The summed E-state index contributed by atoms with van der Waals surface area (Å²) >= 11 is 0. The maximum absolute atomic E-state index is 13.5. The molecule has 0 saturated carbocycles. The lowest BCUT2D eigenvalue weighted by Crippen LogP contribution is -2.13. The summed E-state index contributed by atoms with van der Waals surface area (Å²) in [6.07, 6.45) is 0. The van der Waals surface area contributed by atoms with Gasteiger partial charge in [-0.05, 0) is 24.3 Å². The quantitative estimate of drug-likeness (QED) is 0.932. The van der Waals surface area contributed by atoms with Gasteiger partial charge in [0.05, 0.1) is 19.8 Å². The molecule has 1 N–H and O–H groups in total. The first kappa shape index (κ1) is 13.9. The highest BCUT2D eigenvalue weighted by molar-refractivity contribution is 6.06. The van der Waals surface area contributed by atoms with E-state index in [0.29, 0.717) is 17.0 Å². The number of amides is 1. The van der Waals surface area contributed by atoms with Crippen LogP contribution in [0.1, 0.15) is 10.4 Å². The van der Waals surface area contributed by atoms with E-state index in [1.165, 1.54) is 26.4 Å². The molecule has 0 saturated heterocycles. The molecule has 104 valence electrons. The molecule has 0 unspecified atom stereocenters. The summed E-state index contributed by atoms with van der Waals surface area (Å²) in [6.45, 7) is 0. The molecule has 0 heterocycles. The summed E-state index contributed by atoms with van der Waals surface area (Å²) in [7, 11) is 2.87. The molecule has 0 aliphatic rings. The molecule has 0 aromatic heterocycles. The van der Waals surface area contributed by atoms with Gasteiger partial charge in [-0.3, -0.25) is 4.79 Å². The van der Waals surface area contributed by atoms with Crippen molar-refractivity contribution in [1.29, 1.82) is 0 Å². The Labute approximate surface area is 116 Å². The molecule has 0 spiro atoms. The Morgan fingerprint density at radius 3 is 2.40 bits per heavy atom. The van der Waals surface area contributed by atoms with Gasteiger partial charge >= 0.3 is 0 Å². The van der Waals surface area contributed by atoms with Crippen LogP contribution in [0.5, 0.6) is 11.5 Å². The number of methoxy groups -OCH3 is 2. The second kappa shape index (κ2) is 6.06. The second-order valence-electron chi connectivity index (χ2n) is 4.00. The maximum Gasteiger partial charge on any atom is 0.259 e. The van der Waals surface area contributed by atoms with E-state index in [0.717, 1.165) is 0 Å². The smallest absolute Gasteiger partial charge is 0.259 e. The Morgan fingerprint density at radius 1 is 1.05 bits per heavy atom. The minimum absolute atomic E-state index is 0.125. The highest BCUT2D eigenvalue weighted by atomic mass is 19.1. The van der Waals surface area contributed by atoms with Crippen LogP contribution < -0.4 is 14.8 Å². The van der Waals surface area contributed by atoms with E-state index in [1.54, 1.807) is 30.3 Å².